The molecular weight excluding hydrogens is 176 g/mol. The highest BCUT2D eigenvalue weighted by Gasteiger charge is 1.96. The number of rotatable bonds is 4. The molecule has 0 radical (unpaired) electrons. The third-order valence-electron chi connectivity index (χ3n) is 0.920. The fourth-order valence-electron chi connectivity index (χ4n) is 0.246. The zero-order chi connectivity index (χ0) is 10.9. The van der Waals surface area contributed by atoms with Crippen molar-refractivity contribution in [1.29, 1.82) is 0 Å². The SMILES string of the molecule is CCC(=O)O.NC(=O)CCC(N)=O. The lowest BCUT2D eigenvalue weighted by Crippen LogP contribution is -2.16. The van der Waals surface area contributed by atoms with Crippen molar-refractivity contribution < 1.29 is 19.5 Å². The first-order valence-corrected chi connectivity index (χ1v) is 3.68. The maximum atomic E-state index is 9.92. The molecule has 0 aromatic rings. The normalized spacial score (nSPS) is 8.08. The van der Waals surface area contributed by atoms with Crippen LogP contribution in [0.4, 0.5) is 0 Å². The Labute approximate surface area is 75.9 Å². The van der Waals surface area contributed by atoms with Crippen LogP contribution in [-0.2, 0) is 14.4 Å². The number of hydrogen-bond donors (Lipinski definition) is 3. The fourth-order valence-corrected chi connectivity index (χ4v) is 0.246. The van der Waals surface area contributed by atoms with Gasteiger partial charge in [0.25, 0.3) is 0 Å². The number of primary amides is 2. The summed E-state index contributed by atoms with van der Waals surface area (Å²) in [6.45, 7) is 1.60. The average Bonchev–Trinajstić information content (AvgIpc) is 2.02. The highest BCUT2D eigenvalue weighted by molar-refractivity contribution is 5.81. The molecule has 0 fully saturated rings. The summed E-state index contributed by atoms with van der Waals surface area (Å²) in [5, 5.41) is 7.72. The zero-order valence-corrected chi connectivity index (χ0v) is 7.45. The number of carbonyl (C=O) groups excluding carboxylic acids is 2. The molecular formula is C7H14N2O4. The molecule has 0 rings (SSSR count). The first-order valence-electron chi connectivity index (χ1n) is 3.68. The molecule has 0 aromatic heterocycles. The van der Waals surface area contributed by atoms with E-state index in [0.29, 0.717) is 0 Å². The third kappa shape index (κ3) is 25.2. The van der Waals surface area contributed by atoms with Crippen LogP contribution in [0.1, 0.15) is 26.2 Å². The Kier molecular flexibility index (Phi) is 9.14. The molecule has 76 valence electrons. The van der Waals surface area contributed by atoms with Crippen molar-refractivity contribution in [2.75, 3.05) is 0 Å². The van der Waals surface area contributed by atoms with E-state index in [-0.39, 0.29) is 19.3 Å². The Morgan fingerprint density at radius 1 is 1.08 bits per heavy atom. The molecule has 13 heavy (non-hydrogen) atoms. The van der Waals surface area contributed by atoms with E-state index in [1.54, 1.807) is 6.92 Å². The minimum atomic E-state index is -0.745. The number of aliphatic carboxylic acids is 1. The van der Waals surface area contributed by atoms with Crippen LogP contribution in [0.5, 0.6) is 0 Å². The molecule has 0 atom stereocenters. The highest BCUT2D eigenvalue weighted by atomic mass is 16.4. The lowest BCUT2D eigenvalue weighted by atomic mass is 10.3. The second-order valence-electron chi connectivity index (χ2n) is 2.18. The summed E-state index contributed by atoms with van der Waals surface area (Å²) < 4.78 is 0. The molecule has 0 saturated carbocycles. The predicted molar refractivity (Wildman–Crippen MR) is 45.5 cm³/mol. The summed E-state index contributed by atoms with van der Waals surface area (Å²) in [5.74, 6) is -1.74. The van der Waals surface area contributed by atoms with Crippen LogP contribution in [0.2, 0.25) is 0 Å². The van der Waals surface area contributed by atoms with Gasteiger partial charge >= 0.3 is 5.97 Å². The van der Waals surface area contributed by atoms with E-state index in [2.05, 4.69) is 0 Å². The number of carbonyl (C=O) groups is 3. The average molecular weight is 190 g/mol. The molecule has 0 aliphatic rings. The van der Waals surface area contributed by atoms with E-state index in [1.165, 1.54) is 0 Å². The Bertz CT molecular complexity index is 177. The van der Waals surface area contributed by atoms with Crippen LogP contribution in [0.3, 0.4) is 0 Å². The lowest BCUT2D eigenvalue weighted by Gasteiger charge is -1.87. The lowest BCUT2D eigenvalue weighted by molar-refractivity contribution is -0.136. The van der Waals surface area contributed by atoms with Gasteiger partial charge in [-0.2, -0.15) is 0 Å². The molecule has 2 amide bonds. The quantitative estimate of drug-likeness (QED) is 0.537. The van der Waals surface area contributed by atoms with E-state index in [1.807, 2.05) is 0 Å². The second kappa shape index (κ2) is 8.51. The molecule has 0 aromatic carbocycles. The van der Waals surface area contributed by atoms with E-state index < -0.39 is 17.8 Å². The van der Waals surface area contributed by atoms with E-state index in [0.717, 1.165) is 0 Å². The van der Waals surface area contributed by atoms with Crippen molar-refractivity contribution in [2.45, 2.75) is 26.2 Å². The van der Waals surface area contributed by atoms with Gasteiger partial charge in [0, 0.05) is 19.3 Å². The Morgan fingerprint density at radius 2 is 1.31 bits per heavy atom. The van der Waals surface area contributed by atoms with Crippen molar-refractivity contribution in [1.82, 2.24) is 0 Å². The first kappa shape index (κ1) is 14.0. The summed E-state index contributed by atoms with van der Waals surface area (Å²) in [6.07, 6.45) is 0.324. The Balaban J connectivity index is 0. The van der Waals surface area contributed by atoms with Gasteiger partial charge in [-0.3, -0.25) is 14.4 Å². The van der Waals surface area contributed by atoms with Crippen LogP contribution in [0.15, 0.2) is 0 Å². The summed E-state index contributed by atoms with van der Waals surface area (Å²) in [6, 6.07) is 0. The molecule has 0 unspecified atom stereocenters. The molecule has 0 spiro atoms. The predicted octanol–water partition coefficient (Wildman–Crippen LogP) is -0.782. The number of carboxylic acids is 1. The Hall–Kier alpha value is -1.59. The van der Waals surface area contributed by atoms with Crippen molar-refractivity contribution in [3.8, 4) is 0 Å². The topological polar surface area (TPSA) is 123 Å². The third-order valence-corrected chi connectivity index (χ3v) is 0.920. The number of hydrogen-bond acceptors (Lipinski definition) is 3. The molecule has 0 saturated heterocycles. The molecule has 5 N–H and O–H groups in total. The summed E-state index contributed by atoms with van der Waals surface area (Å²) in [7, 11) is 0. The van der Waals surface area contributed by atoms with Crippen molar-refractivity contribution >= 4 is 17.8 Å². The van der Waals surface area contributed by atoms with Gasteiger partial charge in [-0.15, -0.1) is 0 Å². The van der Waals surface area contributed by atoms with Gasteiger partial charge in [0.15, 0.2) is 0 Å². The zero-order valence-electron chi connectivity index (χ0n) is 7.45. The highest BCUT2D eigenvalue weighted by Crippen LogP contribution is 1.82. The van der Waals surface area contributed by atoms with Gasteiger partial charge in [0.05, 0.1) is 0 Å². The van der Waals surface area contributed by atoms with Crippen LogP contribution < -0.4 is 11.5 Å². The maximum Gasteiger partial charge on any atom is 0.303 e. The smallest absolute Gasteiger partial charge is 0.303 e. The van der Waals surface area contributed by atoms with Gasteiger partial charge in [-0.1, -0.05) is 6.92 Å². The molecule has 0 aliphatic heterocycles. The standard InChI is InChI=1S/C4H8N2O2.C3H6O2/c5-3(7)1-2-4(6)8;1-2-3(4)5/h1-2H2,(H2,5,7)(H2,6,8);2H2,1H3,(H,4,5). The van der Waals surface area contributed by atoms with Crippen molar-refractivity contribution in [3.05, 3.63) is 0 Å². The van der Waals surface area contributed by atoms with Gasteiger partial charge < -0.3 is 16.6 Å². The summed E-state index contributed by atoms with van der Waals surface area (Å²) in [5.41, 5.74) is 9.39. The minimum absolute atomic E-state index is 0.0509. The summed E-state index contributed by atoms with van der Waals surface area (Å²) in [4.78, 5) is 29.2. The van der Waals surface area contributed by atoms with Gasteiger partial charge in [0.1, 0.15) is 0 Å². The number of carboxylic acid groups (broad SMARTS) is 1. The maximum absolute atomic E-state index is 9.92. The van der Waals surface area contributed by atoms with Crippen LogP contribution in [0.25, 0.3) is 0 Å². The largest absolute Gasteiger partial charge is 0.481 e. The number of amides is 2. The molecule has 0 heterocycles. The van der Waals surface area contributed by atoms with Crippen LogP contribution in [-0.4, -0.2) is 22.9 Å². The van der Waals surface area contributed by atoms with Gasteiger partial charge in [-0.05, 0) is 0 Å². The first-order chi connectivity index (χ1) is 5.90. The van der Waals surface area contributed by atoms with Crippen molar-refractivity contribution in [2.24, 2.45) is 11.5 Å². The van der Waals surface area contributed by atoms with Crippen molar-refractivity contribution in [3.63, 3.8) is 0 Å². The van der Waals surface area contributed by atoms with Crippen LogP contribution in [0, 0.1) is 0 Å². The van der Waals surface area contributed by atoms with Gasteiger partial charge in [0.2, 0.25) is 11.8 Å². The molecule has 0 aliphatic carbocycles. The van der Waals surface area contributed by atoms with Crippen LogP contribution >= 0.6 is 0 Å². The molecule has 0 bridgehead atoms. The van der Waals surface area contributed by atoms with E-state index >= 15 is 0 Å². The molecule has 6 nitrogen and oxygen atoms in total. The Morgan fingerprint density at radius 3 is 1.38 bits per heavy atom. The number of nitrogens with two attached hydrogens (primary N) is 2. The second-order valence-corrected chi connectivity index (χ2v) is 2.18. The van der Waals surface area contributed by atoms with Gasteiger partial charge in [-0.25, -0.2) is 0 Å². The van der Waals surface area contributed by atoms with E-state index in [4.69, 9.17) is 16.6 Å². The summed E-state index contributed by atoms with van der Waals surface area (Å²) >= 11 is 0. The van der Waals surface area contributed by atoms with E-state index in [9.17, 15) is 14.4 Å². The monoisotopic (exact) mass is 190 g/mol. The minimum Gasteiger partial charge on any atom is -0.481 e. The fraction of sp³-hybridized carbons (Fsp3) is 0.571. The molecule has 6 heteroatoms.